The van der Waals surface area contributed by atoms with Gasteiger partial charge < -0.3 is 9.13 Å². The van der Waals surface area contributed by atoms with E-state index in [0.717, 1.165) is 72.8 Å². The van der Waals surface area contributed by atoms with Crippen molar-refractivity contribution in [2.24, 2.45) is 0 Å². The summed E-state index contributed by atoms with van der Waals surface area (Å²) in [5.41, 5.74) is -19.9. The molecule has 10 aromatic carbocycles. The Bertz CT molecular complexity index is 4970. The molecule has 0 radical (unpaired) electrons. The molecule has 498 valence electrons. The van der Waals surface area contributed by atoms with E-state index >= 15 is 0 Å². The van der Waals surface area contributed by atoms with Crippen molar-refractivity contribution in [2.45, 2.75) is 49.4 Å². The van der Waals surface area contributed by atoms with Crippen LogP contribution in [0.3, 0.4) is 0 Å². The van der Waals surface area contributed by atoms with E-state index in [9.17, 15) is 116 Å². The number of hydrogen-bond acceptors (Lipinski definition) is 2. The van der Waals surface area contributed by atoms with Gasteiger partial charge in [0.1, 0.15) is 0 Å². The van der Waals surface area contributed by atoms with Crippen LogP contribution in [0.1, 0.15) is 55.6 Å². The van der Waals surface area contributed by atoms with Crippen LogP contribution in [0.25, 0.3) is 111 Å². The topological polar surface area (TPSA) is 57.4 Å². The van der Waals surface area contributed by atoms with Gasteiger partial charge in [0.25, 0.3) is 0 Å². The Balaban J connectivity index is 1.23. The average Bonchev–Trinajstić information content (AvgIpc) is 1.55. The molecule has 0 saturated carbocycles. The van der Waals surface area contributed by atoms with Gasteiger partial charge in [-0.1, -0.05) is 36.4 Å². The van der Waals surface area contributed by atoms with Gasteiger partial charge in [-0.15, -0.1) is 0 Å². The molecule has 0 amide bonds. The van der Waals surface area contributed by atoms with Crippen LogP contribution in [0.2, 0.25) is 0 Å². The first-order valence-corrected chi connectivity index (χ1v) is 27.9. The Morgan fingerprint density at radius 2 is 0.490 bits per heavy atom. The summed E-state index contributed by atoms with van der Waals surface area (Å²) in [5, 5.41) is 20.3. The zero-order chi connectivity index (χ0) is 71.1. The fourth-order valence-corrected chi connectivity index (χ4v) is 11.8. The monoisotopic (exact) mass is 1380 g/mol. The van der Waals surface area contributed by atoms with E-state index in [4.69, 9.17) is 0 Å². The molecule has 98 heavy (non-hydrogen) atoms. The number of nitriles is 2. The molecular formula is C70H30F24N4. The smallest absolute Gasteiger partial charge is 0.307 e. The molecule has 0 spiro atoms. The summed E-state index contributed by atoms with van der Waals surface area (Å²) in [6, 6.07) is 27.2. The molecule has 2 heterocycles. The maximum absolute atomic E-state index is 14.4. The summed E-state index contributed by atoms with van der Waals surface area (Å²) in [4.78, 5) is 0. The zero-order valence-corrected chi connectivity index (χ0v) is 48.2. The van der Waals surface area contributed by atoms with E-state index in [-0.39, 0.29) is 102 Å². The van der Waals surface area contributed by atoms with Crippen molar-refractivity contribution in [2.75, 3.05) is 0 Å². The van der Waals surface area contributed by atoms with E-state index in [1.54, 1.807) is 0 Å². The van der Waals surface area contributed by atoms with Crippen LogP contribution in [-0.4, -0.2) is 9.13 Å². The number of fused-ring (bicyclic) bond motifs is 6. The molecule has 0 fully saturated rings. The van der Waals surface area contributed by atoms with Crippen LogP contribution in [0.4, 0.5) is 105 Å². The third-order valence-corrected chi connectivity index (χ3v) is 16.2. The van der Waals surface area contributed by atoms with E-state index in [2.05, 4.69) is 0 Å². The zero-order valence-electron chi connectivity index (χ0n) is 48.2. The number of aromatic nitrogens is 2. The summed E-state index contributed by atoms with van der Waals surface area (Å²) in [6.07, 6.45) is -43.2. The maximum Gasteiger partial charge on any atom is 0.416 e. The van der Waals surface area contributed by atoms with Crippen LogP contribution in [0.15, 0.2) is 182 Å². The molecule has 28 heteroatoms. The van der Waals surface area contributed by atoms with Gasteiger partial charge in [0.2, 0.25) is 0 Å². The molecule has 0 bridgehead atoms. The normalized spacial score (nSPS) is 13.1. The lowest BCUT2D eigenvalue weighted by atomic mass is 9.96. The highest BCUT2D eigenvalue weighted by Crippen LogP contribution is 2.49. The molecule has 2 aromatic heterocycles. The highest BCUT2D eigenvalue weighted by Gasteiger charge is 2.42. The van der Waals surface area contributed by atoms with Gasteiger partial charge in [-0.05, 0) is 196 Å². The van der Waals surface area contributed by atoms with Crippen molar-refractivity contribution in [3.8, 4) is 79.1 Å². The van der Waals surface area contributed by atoms with Crippen molar-refractivity contribution in [1.82, 2.24) is 9.13 Å². The fourth-order valence-electron chi connectivity index (χ4n) is 11.8. The number of alkyl halides is 24. The third kappa shape index (κ3) is 12.5. The molecule has 0 aliphatic rings. The minimum absolute atomic E-state index is 0.000686. The largest absolute Gasteiger partial charge is 0.416 e. The summed E-state index contributed by atoms with van der Waals surface area (Å²) in [6.45, 7) is 0. The molecule has 12 rings (SSSR count). The van der Waals surface area contributed by atoms with Gasteiger partial charge >= 0.3 is 49.4 Å². The first-order valence-electron chi connectivity index (χ1n) is 27.9. The number of rotatable bonds is 7. The summed E-state index contributed by atoms with van der Waals surface area (Å²) in [7, 11) is 0. The fraction of sp³-hybridized carbons (Fsp3) is 0.114. The van der Waals surface area contributed by atoms with E-state index in [0.29, 0.717) is 48.5 Å². The lowest BCUT2D eigenvalue weighted by molar-refractivity contribution is -0.144. The molecule has 12 aromatic rings. The van der Waals surface area contributed by atoms with Crippen molar-refractivity contribution in [3.63, 3.8) is 0 Å². The minimum Gasteiger partial charge on any atom is -0.307 e. The quantitative estimate of drug-likeness (QED) is 0.149. The third-order valence-electron chi connectivity index (χ3n) is 16.2. The Hall–Kier alpha value is -10.9. The van der Waals surface area contributed by atoms with Crippen LogP contribution in [0, 0.1) is 22.7 Å². The van der Waals surface area contributed by atoms with Crippen molar-refractivity contribution in [3.05, 3.63) is 238 Å². The Morgan fingerprint density at radius 1 is 0.235 bits per heavy atom. The van der Waals surface area contributed by atoms with E-state index in [1.165, 1.54) is 45.5 Å². The molecule has 0 saturated heterocycles. The van der Waals surface area contributed by atoms with Crippen LogP contribution in [0.5, 0.6) is 0 Å². The lowest BCUT2D eigenvalue weighted by Gasteiger charge is -2.20. The molecule has 0 unspecified atom stereocenters. The number of hydrogen-bond donors (Lipinski definition) is 0. The molecule has 0 atom stereocenters. The first kappa shape index (κ1) is 67.1. The van der Waals surface area contributed by atoms with Gasteiger partial charge in [-0.25, -0.2) is 0 Å². The highest BCUT2D eigenvalue weighted by molar-refractivity contribution is 6.14. The van der Waals surface area contributed by atoms with Crippen molar-refractivity contribution >= 4 is 43.6 Å². The maximum atomic E-state index is 14.4. The van der Waals surface area contributed by atoms with Crippen LogP contribution in [-0.2, 0) is 49.4 Å². The lowest BCUT2D eigenvalue weighted by Crippen LogP contribution is -2.11. The Kier molecular flexibility index (Phi) is 15.7. The second-order valence-electron chi connectivity index (χ2n) is 22.5. The van der Waals surface area contributed by atoms with Gasteiger partial charge in [0.15, 0.2) is 0 Å². The second-order valence-corrected chi connectivity index (χ2v) is 22.5. The molecule has 0 N–H and O–H groups in total. The van der Waals surface area contributed by atoms with Crippen molar-refractivity contribution in [1.29, 1.82) is 10.5 Å². The molecule has 0 aliphatic carbocycles. The summed E-state index contributed by atoms with van der Waals surface area (Å²) >= 11 is 0. The van der Waals surface area contributed by atoms with Gasteiger partial charge in [-0.3, -0.25) is 0 Å². The number of benzene rings is 10. The number of halogens is 24. The predicted molar refractivity (Wildman–Crippen MR) is 312 cm³/mol. The van der Waals surface area contributed by atoms with Gasteiger partial charge in [0.05, 0.1) is 101 Å². The summed E-state index contributed by atoms with van der Waals surface area (Å²) in [5.74, 6) is 0. The highest BCUT2D eigenvalue weighted by atomic mass is 19.4. The van der Waals surface area contributed by atoms with Gasteiger partial charge in [0, 0.05) is 27.1 Å². The minimum atomic E-state index is -5.40. The summed E-state index contributed by atoms with van der Waals surface area (Å²) < 4.78 is 349. The standard InChI is InChI=1S/C70H30F24N4/c71-63(72,73)44-13-39(14-45(26-44)64(74,75)76)34-4-8-57-53(21-34)54-22-35(40-15-46(65(77,78)79)27-47(16-40)66(80,81)82)5-9-58(54)97(57)61-25-43(32-96)52(38-3-1-2-33(12-38)31-95)30-62(61)98-59-10-6-36(41-17-48(67(83,84)85)28-49(18-41)68(86,87)88)23-55(59)56-24-37(7-11-60(56)98)42-19-50(69(89,90)91)29-51(20-42)70(92,93)94/h1-30H. The number of nitrogens with zero attached hydrogens (tertiary/aromatic N) is 4. The predicted octanol–water partition coefficient (Wildman–Crippen LogP) is 24.1. The molecule has 0 aliphatic heterocycles. The van der Waals surface area contributed by atoms with E-state index < -0.39 is 138 Å². The Morgan fingerprint density at radius 3 is 0.724 bits per heavy atom. The van der Waals surface area contributed by atoms with E-state index in [1.807, 2.05) is 12.1 Å². The molecular weight excluding hydrogens is 1350 g/mol. The SMILES string of the molecule is N#Cc1cccc(-c2cc(-n3c4ccc(-c5cc(C(F)(F)F)cc(C(F)(F)F)c5)cc4c4cc(-c5cc(C(F)(F)F)cc(C(F)(F)F)c5)ccc43)c(-n3c4ccc(-c5cc(C(F)(F)F)cc(C(F)(F)F)c5)cc4c4cc(-c5cc(C(F)(F)F)cc(C(F)(F)F)c5)ccc43)cc2C#N)c1. The second kappa shape index (κ2) is 22.9. The average molecular weight is 1380 g/mol. The molecule has 4 nitrogen and oxygen atoms in total. The Labute approximate surface area is 533 Å². The van der Waals surface area contributed by atoms with Gasteiger partial charge in [-0.2, -0.15) is 116 Å². The van der Waals surface area contributed by atoms with Crippen molar-refractivity contribution < 1.29 is 105 Å². The first-order chi connectivity index (χ1) is 45.5. The van der Waals surface area contributed by atoms with Crippen LogP contribution >= 0.6 is 0 Å². The van der Waals surface area contributed by atoms with Crippen LogP contribution < -0.4 is 0 Å².